The van der Waals surface area contributed by atoms with Crippen LogP contribution in [0.4, 0.5) is 14.5 Å². The zero-order valence-corrected chi connectivity index (χ0v) is 9.50. The van der Waals surface area contributed by atoms with E-state index in [1.807, 2.05) is 13.0 Å². The van der Waals surface area contributed by atoms with E-state index in [1.165, 1.54) is 18.2 Å². The molecule has 0 spiro atoms. The Hall–Kier alpha value is -1.90. The van der Waals surface area contributed by atoms with E-state index in [0.29, 0.717) is 12.2 Å². The van der Waals surface area contributed by atoms with E-state index in [9.17, 15) is 8.78 Å². The second kappa shape index (κ2) is 4.95. The van der Waals surface area contributed by atoms with Gasteiger partial charge in [0.2, 0.25) is 0 Å². The Kier molecular flexibility index (Phi) is 3.38. The van der Waals surface area contributed by atoms with Crippen LogP contribution in [0.15, 0.2) is 42.5 Å². The van der Waals surface area contributed by atoms with Gasteiger partial charge in [0.1, 0.15) is 11.6 Å². The zero-order valence-electron chi connectivity index (χ0n) is 9.50. The molecule has 0 unspecified atom stereocenters. The predicted molar refractivity (Wildman–Crippen MR) is 64.9 cm³/mol. The van der Waals surface area contributed by atoms with E-state index >= 15 is 0 Å². The number of aryl methyl sites for hydroxylation is 1. The molecule has 3 heteroatoms. The Balaban J connectivity index is 2.04. The van der Waals surface area contributed by atoms with Crippen molar-refractivity contribution in [3.63, 3.8) is 0 Å². The van der Waals surface area contributed by atoms with Gasteiger partial charge < -0.3 is 5.32 Å². The molecule has 0 aromatic heterocycles. The van der Waals surface area contributed by atoms with E-state index in [0.717, 1.165) is 11.1 Å². The highest BCUT2D eigenvalue weighted by molar-refractivity contribution is 5.46. The summed E-state index contributed by atoms with van der Waals surface area (Å²) in [4.78, 5) is 0. The van der Waals surface area contributed by atoms with Crippen molar-refractivity contribution in [2.75, 3.05) is 5.32 Å². The third kappa shape index (κ3) is 3.03. The van der Waals surface area contributed by atoms with Gasteiger partial charge in [-0.2, -0.15) is 0 Å². The lowest BCUT2D eigenvalue weighted by Gasteiger charge is -2.08. The van der Waals surface area contributed by atoms with E-state index < -0.39 is 0 Å². The molecule has 0 saturated heterocycles. The van der Waals surface area contributed by atoms with Crippen LogP contribution in [0.3, 0.4) is 0 Å². The van der Waals surface area contributed by atoms with E-state index in [-0.39, 0.29) is 11.6 Å². The number of hydrogen-bond acceptors (Lipinski definition) is 1. The first-order valence-electron chi connectivity index (χ1n) is 5.39. The molecule has 0 saturated carbocycles. The fourth-order valence-corrected chi connectivity index (χ4v) is 1.56. The van der Waals surface area contributed by atoms with Gasteiger partial charge in [-0.1, -0.05) is 18.2 Å². The number of halogens is 2. The average molecular weight is 233 g/mol. The molecule has 2 aromatic carbocycles. The van der Waals surface area contributed by atoms with Gasteiger partial charge in [-0.15, -0.1) is 0 Å². The van der Waals surface area contributed by atoms with Crippen LogP contribution in [0.5, 0.6) is 0 Å². The number of anilines is 1. The lowest BCUT2D eigenvalue weighted by Crippen LogP contribution is -2.01. The van der Waals surface area contributed by atoms with Crippen LogP contribution in [0, 0.1) is 18.6 Å². The highest BCUT2D eigenvalue weighted by atomic mass is 19.1. The van der Waals surface area contributed by atoms with Gasteiger partial charge in [0, 0.05) is 6.54 Å². The molecule has 0 heterocycles. The number of rotatable bonds is 3. The molecule has 88 valence electrons. The molecule has 0 amide bonds. The monoisotopic (exact) mass is 233 g/mol. The van der Waals surface area contributed by atoms with Crippen molar-refractivity contribution in [2.24, 2.45) is 0 Å². The summed E-state index contributed by atoms with van der Waals surface area (Å²) in [6, 6.07) is 11.2. The van der Waals surface area contributed by atoms with E-state index in [2.05, 4.69) is 5.32 Å². The van der Waals surface area contributed by atoms with Crippen molar-refractivity contribution in [3.8, 4) is 0 Å². The largest absolute Gasteiger partial charge is 0.379 e. The molecule has 1 nitrogen and oxygen atoms in total. The summed E-state index contributed by atoms with van der Waals surface area (Å²) >= 11 is 0. The Morgan fingerprint density at radius 1 is 1.00 bits per heavy atom. The summed E-state index contributed by atoms with van der Waals surface area (Å²) in [5.41, 5.74) is 2.25. The number of nitrogens with one attached hydrogen (secondary N) is 1. The summed E-state index contributed by atoms with van der Waals surface area (Å²) in [5, 5.41) is 2.98. The predicted octanol–water partition coefficient (Wildman–Crippen LogP) is 3.89. The first kappa shape index (κ1) is 11.6. The van der Waals surface area contributed by atoms with Crippen molar-refractivity contribution in [1.82, 2.24) is 0 Å². The first-order chi connectivity index (χ1) is 8.15. The molecule has 0 radical (unpaired) electrons. The van der Waals surface area contributed by atoms with Gasteiger partial charge in [0.25, 0.3) is 0 Å². The summed E-state index contributed by atoms with van der Waals surface area (Å²) in [5.74, 6) is -0.539. The highest BCUT2D eigenvalue weighted by Crippen LogP contribution is 2.16. The number of hydrogen-bond donors (Lipinski definition) is 1. The third-order valence-corrected chi connectivity index (χ3v) is 2.52. The second-order valence-electron chi connectivity index (χ2n) is 3.96. The fourth-order valence-electron chi connectivity index (χ4n) is 1.56. The summed E-state index contributed by atoms with van der Waals surface area (Å²) in [6.07, 6.45) is 0. The van der Waals surface area contributed by atoms with E-state index in [4.69, 9.17) is 0 Å². The molecule has 0 aliphatic heterocycles. The molecule has 0 atom stereocenters. The second-order valence-corrected chi connectivity index (χ2v) is 3.96. The van der Waals surface area contributed by atoms with Crippen molar-refractivity contribution < 1.29 is 8.78 Å². The lowest BCUT2D eigenvalue weighted by molar-refractivity contribution is 0.626. The van der Waals surface area contributed by atoms with Crippen LogP contribution in [0.2, 0.25) is 0 Å². The standard InChI is InChI=1S/C14H13F2N/c1-10-2-7-14(13(16)8-10)17-9-11-3-5-12(15)6-4-11/h2-8,17H,9H2,1H3. The summed E-state index contributed by atoms with van der Waals surface area (Å²) < 4.78 is 26.2. The van der Waals surface area contributed by atoms with Gasteiger partial charge in [0.15, 0.2) is 0 Å². The van der Waals surface area contributed by atoms with Gasteiger partial charge in [-0.3, -0.25) is 0 Å². The van der Waals surface area contributed by atoms with Gasteiger partial charge >= 0.3 is 0 Å². The minimum atomic E-state index is -0.271. The van der Waals surface area contributed by atoms with Crippen LogP contribution in [-0.4, -0.2) is 0 Å². The molecule has 17 heavy (non-hydrogen) atoms. The smallest absolute Gasteiger partial charge is 0.146 e. The summed E-state index contributed by atoms with van der Waals surface area (Å²) in [6.45, 7) is 2.31. The molecule has 0 aliphatic rings. The van der Waals surface area contributed by atoms with Gasteiger partial charge in [0.05, 0.1) is 5.69 Å². The minimum Gasteiger partial charge on any atom is -0.379 e. The average Bonchev–Trinajstić information content (AvgIpc) is 2.30. The molecule has 0 aliphatic carbocycles. The highest BCUT2D eigenvalue weighted by Gasteiger charge is 2.01. The Morgan fingerprint density at radius 3 is 2.35 bits per heavy atom. The van der Waals surface area contributed by atoms with Crippen molar-refractivity contribution in [3.05, 3.63) is 65.2 Å². The zero-order chi connectivity index (χ0) is 12.3. The van der Waals surface area contributed by atoms with Crippen LogP contribution in [-0.2, 0) is 6.54 Å². The minimum absolute atomic E-state index is 0.268. The third-order valence-electron chi connectivity index (χ3n) is 2.52. The molecule has 0 bridgehead atoms. The maximum Gasteiger partial charge on any atom is 0.146 e. The topological polar surface area (TPSA) is 12.0 Å². The maximum atomic E-state index is 13.5. The Bertz CT molecular complexity index is 506. The summed E-state index contributed by atoms with van der Waals surface area (Å²) in [7, 11) is 0. The van der Waals surface area contributed by atoms with Crippen molar-refractivity contribution in [1.29, 1.82) is 0 Å². The molecule has 1 N–H and O–H groups in total. The number of benzene rings is 2. The Morgan fingerprint density at radius 2 is 1.71 bits per heavy atom. The van der Waals surface area contributed by atoms with Crippen LogP contribution in [0.25, 0.3) is 0 Å². The molecule has 2 rings (SSSR count). The first-order valence-corrected chi connectivity index (χ1v) is 5.39. The molecule has 2 aromatic rings. The Labute approximate surface area is 99.1 Å². The van der Waals surface area contributed by atoms with Gasteiger partial charge in [-0.05, 0) is 42.3 Å². The molecule has 0 fully saturated rings. The van der Waals surface area contributed by atoms with Crippen LogP contribution < -0.4 is 5.32 Å². The molecular weight excluding hydrogens is 220 g/mol. The van der Waals surface area contributed by atoms with Crippen molar-refractivity contribution >= 4 is 5.69 Å². The van der Waals surface area contributed by atoms with Crippen molar-refractivity contribution in [2.45, 2.75) is 13.5 Å². The van der Waals surface area contributed by atoms with Crippen LogP contribution >= 0.6 is 0 Å². The maximum absolute atomic E-state index is 13.5. The van der Waals surface area contributed by atoms with Gasteiger partial charge in [-0.25, -0.2) is 8.78 Å². The SMILES string of the molecule is Cc1ccc(NCc2ccc(F)cc2)c(F)c1. The lowest BCUT2D eigenvalue weighted by atomic mass is 10.2. The van der Waals surface area contributed by atoms with Crippen LogP contribution in [0.1, 0.15) is 11.1 Å². The fraction of sp³-hybridized carbons (Fsp3) is 0.143. The molecular formula is C14H13F2N. The normalized spacial score (nSPS) is 10.3. The van der Waals surface area contributed by atoms with E-state index in [1.54, 1.807) is 18.2 Å². The quantitative estimate of drug-likeness (QED) is 0.848.